The van der Waals surface area contributed by atoms with E-state index in [1.165, 1.54) is 35.6 Å². The van der Waals surface area contributed by atoms with E-state index >= 15 is 0 Å². The minimum Gasteiger partial charge on any atom is -0.395 e. The highest BCUT2D eigenvalue weighted by atomic mass is 32.2. The standard InChI is InChI=1S/C21H18F2N4O6S/c1-3-34(29,30)20-18(24-17(26(20)2)16-8-13(25-33-16)10-4-5-10)27-9-11-6-14-15(7-12(11)19(27)28)32-21(22,23)31-14/h6-8,10H,3-5,9H2,1-2H3. The van der Waals surface area contributed by atoms with Crippen LogP contribution in [0.2, 0.25) is 0 Å². The summed E-state index contributed by atoms with van der Waals surface area (Å²) in [6.45, 7) is 1.41. The van der Waals surface area contributed by atoms with Gasteiger partial charge in [0.15, 0.2) is 38.0 Å². The lowest BCUT2D eigenvalue weighted by atomic mass is 10.1. The Hall–Kier alpha value is -3.48. The molecule has 3 aromatic rings. The summed E-state index contributed by atoms with van der Waals surface area (Å²) in [7, 11) is -2.29. The van der Waals surface area contributed by atoms with Gasteiger partial charge < -0.3 is 18.6 Å². The molecule has 6 rings (SSSR count). The van der Waals surface area contributed by atoms with E-state index in [0.29, 0.717) is 11.5 Å². The highest BCUT2D eigenvalue weighted by Crippen LogP contribution is 2.46. The van der Waals surface area contributed by atoms with Crippen LogP contribution in [0, 0.1) is 0 Å². The lowest BCUT2D eigenvalue weighted by Crippen LogP contribution is -2.26. The quantitative estimate of drug-likeness (QED) is 0.533. The zero-order chi connectivity index (χ0) is 24.0. The molecule has 34 heavy (non-hydrogen) atoms. The maximum Gasteiger partial charge on any atom is 0.586 e. The average molecular weight is 492 g/mol. The molecule has 178 valence electrons. The number of ether oxygens (including phenoxy) is 2. The molecule has 10 nitrogen and oxygen atoms in total. The molecule has 0 spiro atoms. The molecule has 1 aliphatic carbocycles. The number of aromatic nitrogens is 3. The number of carbonyl (C=O) groups excluding carboxylic acids is 1. The maximum absolute atomic E-state index is 13.4. The summed E-state index contributed by atoms with van der Waals surface area (Å²) in [6, 6.07) is 4.19. The molecule has 3 aliphatic rings. The van der Waals surface area contributed by atoms with E-state index in [0.717, 1.165) is 18.5 Å². The van der Waals surface area contributed by atoms with Crippen molar-refractivity contribution in [3.63, 3.8) is 0 Å². The fourth-order valence-corrected chi connectivity index (χ4v) is 5.45. The van der Waals surface area contributed by atoms with Gasteiger partial charge in [-0.05, 0) is 30.5 Å². The molecule has 1 amide bonds. The number of amides is 1. The summed E-state index contributed by atoms with van der Waals surface area (Å²) in [5, 5.41) is 3.91. The molecule has 0 atom stereocenters. The molecule has 0 unspecified atom stereocenters. The molecule has 2 aromatic heterocycles. The summed E-state index contributed by atoms with van der Waals surface area (Å²) in [5.41, 5.74) is 1.26. The van der Waals surface area contributed by atoms with E-state index in [1.54, 1.807) is 6.07 Å². The molecule has 0 N–H and O–H groups in total. The summed E-state index contributed by atoms with van der Waals surface area (Å²) in [5.74, 6) is -0.531. The molecule has 13 heteroatoms. The number of rotatable bonds is 5. The molecule has 1 fully saturated rings. The van der Waals surface area contributed by atoms with Crippen LogP contribution in [-0.2, 0) is 23.4 Å². The van der Waals surface area contributed by atoms with Crippen LogP contribution in [0.5, 0.6) is 11.5 Å². The van der Waals surface area contributed by atoms with E-state index in [1.807, 2.05) is 0 Å². The zero-order valence-corrected chi connectivity index (χ0v) is 18.9. The van der Waals surface area contributed by atoms with Crippen LogP contribution in [0.1, 0.15) is 47.3 Å². The van der Waals surface area contributed by atoms with Gasteiger partial charge in [0.25, 0.3) is 5.91 Å². The Kier molecular flexibility index (Phi) is 4.20. The molecule has 2 aliphatic heterocycles. The number of carbonyl (C=O) groups is 1. The van der Waals surface area contributed by atoms with Gasteiger partial charge in [-0.2, -0.15) is 0 Å². The monoisotopic (exact) mass is 492 g/mol. The van der Waals surface area contributed by atoms with Gasteiger partial charge >= 0.3 is 6.29 Å². The summed E-state index contributed by atoms with van der Waals surface area (Å²) >= 11 is 0. The molecule has 0 radical (unpaired) electrons. The predicted molar refractivity (Wildman–Crippen MR) is 112 cm³/mol. The third-order valence-corrected chi connectivity index (χ3v) is 7.94. The highest BCUT2D eigenvalue weighted by Gasteiger charge is 2.46. The van der Waals surface area contributed by atoms with Crippen LogP contribution in [0.25, 0.3) is 11.6 Å². The van der Waals surface area contributed by atoms with Crippen LogP contribution in [0.15, 0.2) is 27.7 Å². The second-order valence-corrected chi connectivity index (χ2v) is 10.6. The summed E-state index contributed by atoms with van der Waals surface area (Å²) in [4.78, 5) is 18.9. The number of benzene rings is 1. The van der Waals surface area contributed by atoms with Gasteiger partial charge in [0.1, 0.15) is 0 Å². The normalized spacial score (nSPS) is 18.6. The van der Waals surface area contributed by atoms with Crippen molar-refractivity contribution in [2.75, 3.05) is 10.7 Å². The van der Waals surface area contributed by atoms with Crippen LogP contribution >= 0.6 is 0 Å². The van der Waals surface area contributed by atoms with Crippen molar-refractivity contribution in [3.8, 4) is 23.1 Å². The number of fused-ring (bicyclic) bond motifs is 2. The van der Waals surface area contributed by atoms with Crippen molar-refractivity contribution >= 4 is 21.6 Å². The fourth-order valence-electron chi connectivity index (χ4n) is 4.24. The third-order valence-electron chi connectivity index (χ3n) is 6.13. The van der Waals surface area contributed by atoms with E-state index < -0.39 is 22.0 Å². The Morgan fingerprint density at radius 3 is 2.56 bits per heavy atom. The number of sulfone groups is 1. The Morgan fingerprint density at radius 1 is 1.18 bits per heavy atom. The van der Waals surface area contributed by atoms with Crippen molar-refractivity contribution < 1.29 is 36.0 Å². The van der Waals surface area contributed by atoms with Crippen LogP contribution in [0.3, 0.4) is 0 Å². The molecular formula is C21H18F2N4O6S. The highest BCUT2D eigenvalue weighted by molar-refractivity contribution is 7.91. The van der Waals surface area contributed by atoms with Gasteiger partial charge in [0.05, 0.1) is 18.0 Å². The predicted octanol–water partition coefficient (Wildman–Crippen LogP) is 3.23. The SMILES string of the molecule is CCS(=O)(=O)c1c(N2Cc3cc4c(cc3C2=O)OC(F)(F)O4)nc(-c2cc(C3CC3)no2)n1C. The van der Waals surface area contributed by atoms with Crippen LogP contribution in [0.4, 0.5) is 14.6 Å². The second kappa shape index (κ2) is 6.78. The fraction of sp³-hybridized carbons (Fsp3) is 0.381. The molecule has 4 heterocycles. The first-order chi connectivity index (χ1) is 16.1. The van der Waals surface area contributed by atoms with Crippen molar-refractivity contribution in [1.82, 2.24) is 14.7 Å². The van der Waals surface area contributed by atoms with Crippen molar-refractivity contribution in [3.05, 3.63) is 35.0 Å². The smallest absolute Gasteiger partial charge is 0.395 e. The lowest BCUT2D eigenvalue weighted by molar-refractivity contribution is -0.286. The first-order valence-electron chi connectivity index (χ1n) is 10.6. The van der Waals surface area contributed by atoms with E-state index in [2.05, 4.69) is 19.6 Å². The summed E-state index contributed by atoms with van der Waals surface area (Å²) < 4.78 is 68.6. The first-order valence-corrected chi connectivity index (χ1v) is 12.2. The first kappa shape index (κ1) is 21.1. The number of halogens is 2. The van der Waals surface area contributed by atoms with E-state index in [9.17, 15) is 22.0 Å². The summed E-state index contributed by atoms with van der Waals surface area (Å²) in [6.07, 6.45) is -1.79. The number of nitrogens with zero attached hydrogens (tertiary/aromatic N) is 4. The number of hydrogen-bond acceptors (Lipinski definition) is 8. The zero-order valence-electron chi connectivity index (χ0n) is 18.0. The van der Waals surface area contributed by atoms with Gasteiger partial charge in [-0.15, -0.1) is 8.78 Å². The van der Waals surface area contributed by atoms with Gasteiger partial charge in [-0.25, -0.2) is 13.4 Å². The lowest BCUT2D eigenvalue weighted by Gasteiger charge is -2.15. The third kappa shape index (κ3) is 3.10. The minimum atomic E-state index is -3.82. The average Bonchev–Trinajstić information content (AvgIpc) is 3.11. The van der Waals surface area contributed by atoms with Crippen molar-refractivity contribution in [1.29, 1.82) is 0 Å². The number of anilines is 1. The minimum absolute atomic E-state index is 0.0720. The van der Waals surface area contributed by atoms with Crippen molar-refractivity contribution in [2.24, 2.45) is 7.05 Å². The number of imidazole rings is 1. The van der Waals surface area contributed by atoms with Gasteiger partial charge in [-0.1, -0.05) is 12.1 Å². The second-order valence-electron chi connectivity index (χ2n) is 8.43. The molecular weight excluding hydrogens is 474 g/mol. The molecule has 0 bridgehead atoms. The van der Waals surface area contributed by atoms with Gasteiger partial charge in [-0.3, -0.25) is 9.69 Å². The topological polar surface area (TPSA) is 117 Å². The molecule has 0 saturated heterocycles. The Balaban J connectivity index is 1.44. The number of alkyl halides is 2. The molecule has 1 aromatic carbocycles. The van der Waals surface area contributed by atoms with Crippen LogP contribution in [-0.4, -0.2) is 41.1 Å². The van der Waals surface area contributed by atoms with Crippen molar-refractivity contribution in [2.45, 2.75) is 43.5 Å². The van der Waals surface area contributed by atoms with Crippen LogP contribution < -0.4 is 14.4 Å². The maximum atomic E-state index is 13.4. The Labute approximate surface area is 192 Å². The Morgan fingerprint density at radius 2 is 1.88 bits per heavy atom. The Bertz CT molecular complexity index is 1470. The largest absolute Gasteiger partial charge is 0.586 e. The molecule has 1 saturated carbocycles. The van der Waals surface area contributed by atoms with E-state index in [-0.39, 0.29) is 51.8 Å². The number of hydrogen-bond donors (Lipinski definition) is 0. The van der Waals surface area contributed by atoms with E-state index in [4.69, 9.17) is 4.52 Å². The van der Waals surface area contributed by atoms with Gasteiger partial charge in [0, 0.05) is 24.6 Å². The van der Waals surface area contributed by atoms with Gasteiger partial charge in [0.2, 0.25) is 5.76 Å².